The highest BCUT2D eigenvalue weighted by molar-refractivity contribution is 7.89. The van der Waals surface area contributed by atoms with Gasteiger partial charge in [-0.05, 0) is 73.2 Å². The lowest BCUT2D eigenvalue weighted by Crippen LogP contribution is -2.41. The summed E-state index contributed by atoms with van der Waals surface area (Å²) < 4.78 is 60.6. The molecule has 1 aliphatic rings. The third-order valence-electron chi connectivity index (χ3n) is 6.93. The number of hydrogen-bond acceptors (Lipinski definition) is 6. The standard InChI is InChI=1S/C29H35N3O6S2/c1-23-20-27(14-15-28(23)38-2)40(36,37)32(19-16-24-8-4-3-5-9-24)22-29(33)30-21-25-10-12-26(13-11-25)39(34,35)31-17-6-7-18-31/h3-5,8-15,20H,6-7,16-19,21-22H2,1-2H3,(H,30,33). The van der Waals surface area contributed by atoms with Crippen LogP contribution in [0.25, 0.3) is 0 Å². The number of benzene rings is 3. The van der Waals surface area contributed by atoms with Crippen molar-refractivity contribution in [3.8, 4) is 5.75 Å². The Morgan fingerprint density at radius 3 is 2.17 bits per heavy atom. The third-order valence-corrected chi connectivity index (χ3v) is 10.7. The van der Waals surface area contributed by atoms with Crippen molar-refractivity contribution in [2.75, 3.05) is 33.3 Å². The van der Waals surface area contributed by atoms with Crippen LogP contribution in [0.2, 0.25) is 0 Å². The summed E-state index contributed by atoms with van der Waals surface area (Å²) in [4.78, 5) is 13.2. The van der Waals surface area contributed by atoms with Crippen LogP contribution in [-0.2, 0) is 37.8 Å². The molecule has 1 saturated heterocycles. The second-order valence-electron chi connectivity index (χ2n) is 9.74. The zero-order chi connectivity index (χ0) is 28.8. The molecule has 214 valence electrons. The maximum Gasteiger partial charge on any atom is 0.243 e. The number of aryl methyl sites for hydroxylation is 1. The lowest BCUT2D eigenvalue weighted by Gasteiger charge is -2.22. The number of methoxy groups -OCH3 is 1. The first-order valence-corrected chi connectivity index (χ1v) is 16.0. The average molecular weight is 586 g/mol. The van der Waals surface area contributed by atoms with Crippen molar-refractivity contribution < 1.29 is 26.4 Å². The molecule has 3 aromatic rings. The van der Waals surface area contributed by atoms with Gasteiger partial charge in [0.15, 0.2) is 0 Å². The number of carbonyl (C=O) groups is 1. The molecule has 0 unspecified atom stereocenters. The van der Waals surface area contributed by atoms with Crippen LogP contribution in [0, 0.1) is 6.92 Å². The highest BCUT2D eigenvalue weighted by Gasteiger charge is 2.28. The fraction of sp³-hybridized carbons (Fsp3) is 0.345. The molecule has 0 spiro atoms. The van der Waals surface area contributed by atoms with Crippen LogP contribution in [0.3, 0.4) is 0 Å². The number of amides is 1. The van der Waals surface area contributed by atoms with Crippen LogP contribution in [0.5, 0.6) is 5.75 Å². The summed E-state index contributed by atoms with van der Waals surface area (Å²) in [7, 11) is -5.98. The van der Waals surface area contributed by atoms with Gasteiger partial charge in [0.2, 0.25) is 26.0 Å². The van der Waals surface area contributed by atoms with Gasteiger partial charge in [0.05, 0.1) is 23.4 Å². The van der Waals surface area contributed by atoms with Crippen molar-refractivity contribution in [2.45, 2.75) is 42.5 Å². The normalized spacial score (nSPS) is 14.4. The molecule has 1 N–H and O–H groups in total. The van der Waals surface area contributed by atoms with Crippen LogP contribution >= 0.6 is 0 Å². The number of ether oxygens (including phenoxy) is 1. The number of carbonyl (C=O) groups excluding carboxylic acids is 1. The van der Waals surface area contributed by atoms with Crippen molar-refractivity contribution >= 4 is 26.0 Å². The molecule has 0 radical (unpaired) electrons. The van der Waals surface area contributed by atoms with Crippen molar-refractivity contribution in [3.63, 3.8) is 0 Å². The predicted octanol–water partition coefficient (Wildman–Crippen LogP) is 3.34. The summed E-state index contributed by atoms with van der Waals surface area (Å²) in [5.74, 6) is 0.113. The van der Waals surface area contributed by atoms with Gasteiger partial charge in [-0.25, -0.2) is 16.8 Å². The molecule has 4 rings (SSSR count). The van der Waals surface area contributed by atoms with E-state index in [1.165, 1.54) is 33.9 Å². The van der Waals surface area contributed by atoms with Gasteiger partial charge in [-0.3, -0.25) is 4.79 Å². The molecule has 1 heterocycles. The zero-order valence-corrected chi connectivity index (χ0v) is 24.4. The Balaban J connectivity index is 1.45. The highest BCUT2D eigenvalue weighted by Crippen LogP contribution is 2.24. The SMILES string of the molecule is COc1ccc(S(=O)(=O)N(CCc2ccccc2)CC(=O)NCc2ccc(S(=O)(=O)N3CCCC3)cc2)cc1C. The summed E-state index contributed by atoms with van der Waals surface area (Å²) >= 11 is 0. The van der Waals surface area contributed by atoms with E-state index in [4.69, 9.17) is 4.74 Å². The van der Waals surface area contributed by atoms with Crippen LogP contribution in [-0.4, -0.2) is 64.6 Å². The van der Waals surface area contributed by atoms with Crippen LogP contribution in [0.15, 0.2) is 82.6 Å². The quantitative estimate of drug-likeness (QED) is 0.349. The molecule has 0 bridgehead atoms. The molecule has 9 nitrogen and oxygen atoms in total. The lowest BCUT2D eigenvalue weighted by molar-refractivity contribution is -0.121. The van der Waals surface area contributed by atoms with E-state index in [9.17, 15) is 21.6 Å². The molecule has 0 atom stereocenters. The third kappa shape index (κ3) is 7.08. The van der Waals surface area contributed by atoms with Gasteiger partial charge in [-0.1, -0.05) is 42.5 Å². The molecule has 1 amide bonds. The number of nitrogens with zero attached hydrogens (tertiary/aromatic N) is 2. The number of hydrogen-bond donors (Lipinski definition) is 1. The van der Waals surface area contributed by atoms with Crippen LogP contribution < -0.4 is 10.1 Å². The van der Waals surface area contributed by atoms with E-state index in [-0.39, 0.29) is 29.4 Å². The van der Waals surface area contributed by atoms with Crippen molar-refractivity contribution in [3.05, 3.63) is 89.5 Å². The maximum absolute atomic E-state index is 13.6. The van der Waals surface area contributed by atoms with E-state index in [2.05, 4.69) is 5.32 Å². The summed E-state index contributed by atoms with van der Waals surface area (Å²) in [6, 6.07) is 20.5. The largest absolute Gasteiger partial charge is 0.496 e. The molecule has 40 heavy (non-hydrogen) atoms. The molecule has 1 fully saturated rings. The lowest BCUT2D eigenvalue weighted by atomic mass is 10.1. The predicted molar refractivity (Wildman–Crippen MR) is 153 cm³/mol. The fourth-order valence-corrected chi connectivity index (χ4v) is 7.62. The first-order valence-electron chi connectivity index (χ1n) is 13.2. The van der Waals surface area contributed by atoms with Gasteiger partial charge in [-0.2, -0.15) is 8.61 Å². The van der Waals surface area contributed by atoms with Gasteiger partial charge < -0.3 is 10.1 Å². The Hall–Kier alpha value is -3.25. The Bertz CT molecular complexity index is 1520. The second-order valence-corrected chi connectivity index (χ2v) is 13.6. The number of nitrogens with one attached hydrogen (secondary N) is 1. The van der Waals surface area contributed by atoms with Gasteiger partial charge in [0.1, 0.15) is 5.75 Å². The van der Waals surface area contributed by atoms with Crippen molar-refractivity contribution in [1.29, 1.82) is 0 Å². The number of sulfonamides is 2. The molecule has 0 aromatic heterocycles. The molecule has 0 aliphatic carbocycles. The van der Waals surface area contributed by atoms with Gasteiger partial charge in [0.25, 0.3) is 0 Å². The van der Waals surface area contributed by atoms with E-state index in [0.717, 1.165) is 18.4 Å². The summed E-state index contributed by atoms with van der Waals surface area (Å²) in [5, 5.41) is 2.77. The topological polar surface area (TPSA) is 113 Å². The van der Waals surface area contributed by atoms with Crippen molar-refractivity contribution in [1.82, 2.24) is 13.9 Å². The summed E-state index contributed by atoms with van der Waals surface area (Å²) in [6.07, 6.45) is 2.16. The van der Waals surface area contributed by atoms with Crippen molar-refractivity contribution in [2.24, 2.45) is 0 Å². The Kier molecular flexibility index (Phi) is 9.62. The Morgan fingerprint density at radius 2 is 1.55 bits per heavy atom. The van der Waals surface area contributed by atoms with E-state index >= 15 is 0 Å². The fourth-order valence-electron chi connectivity index (χ4n) is 4.62. The smallest absolute Gasteiger partial charge is 0.243 e. The Labute approximate surface area is 236 Å². The Morgan fingerprint density at radius 1 is 0.900 bits per heavy atom. The van der Waals surface area contributed by atoms with E-state index in [0.29, 0.717) is 36.4 Å². The second kappa shape index (κ2) is 12.9. The minimum absolute atomic E-state index is 0.0847. The zero-order valence-electron chi connectivity index (χ0n) is 22.7. The summed E-state index contributed by atoms with van der Waals surface area (Å²) in [6.45, 7) is 2.72. The molecular weight excluding hydrogens is 550 g/mol. The average Bonchev–Trinajstić information content (AvgIpc) is 3.51. The van der Waals surface area contributed by atoms with Gasteiger partial charge in [-0.15, -0.1) is 0 Å². The van der Waals surface area contributed by atoms with Crippen LogP contribution in [0.1, 0.15) is 29.5 Å². The maximum atomic E-state index is 13.6. The molecule has 3 aromatic carbocycles. The first kappa shape index (κ1) is 29.7. The monoisotopic (exact) mass is 585 g/mol. The minimum Gasteiger partial charge on any atom is -0.496 e. The summed E-state index contributed by atoms with van der Waals surface area (Å²) in [5.41, 5.74) is 2.34. The molecule has 0 saturated carbocycles. The van der Waals surface area contributed by atoms with Gasteiger partial charge in [0, 0.05) is 26.2 Å². The van der Waals surface area contributed by atoms with Gasteiger partial charge >= 0.3 is 0 Å². The molecule has 1 aliphatic heterocycles. The molecular formula is C29H35N3O6S2. The number of rotatable bonds is 12. The first-order chi connectivity index (χ1) is 19.1. The molecule has 11 heteroatoms. The van der Waals surface area contributed by atoms with E-state index < -0.39 is 26.0 Å². The van der Waals surface area contributed by atoms with E-state index in [1.54, 1.807) is 31.2 Å². The van der Waals surface area contributed by atoms with Crippen LogP contribution in [0.4, 0.5) is 0 Å². The highest BCUT2D eigenvalue weighted by atomic mass is 32.2. The minimum atomic E-state index is -3.98. The van der Waals surface area contributed by atoms with E-state index in [1.807, 2.05) is 30.3 Å².